The summed E-state index contributed by atoms with van der Waals surface area (Å²) in [5.74, 6) is 0.956. The predicted molar refractivity (Wildman–Crippen MR) is 97.6 cm³/mol. The molecule has 124 valence electrons. The fraction of sp³-hybridized carbons (Fsp3) is 0.235. The number of rotatable bonds is 4. The van der Waals surface area contributed by atoms with Gasteiger partial charge in [0.15, 0.2) is 0 Å². The second kappa shape index (κ2) is 6.75. The highest BCUT2D eigenvalue weighted by molar-refractivity contribution is 7.20. The second-order valence-electron chi connectivity index (χ2n) is 5.21. The van der Waals surface area contributed by atoms with E-state index in [-0.39, 0.29) is 5.97 Å². The monoisotopic (exact) mass is 361 g/mol. The van der Waals surface area contributed by atoms with Crippen molar-refractivity contribution >= 4 is 50.6 Å². The summed E-state index contributed by atoms with van der Waals surface area (Å²) >= 11 is 7.36. The standard InChI is InChI=1S/C17H16ClN3O2S/c1-4-23-17(22)14-9(2)13-15(19-10(3)20-16(13)24-14)21-12-7-5-6-11(18)8-12/h5-8H,4H2,1-3H3,(H,19,20,21). The van der Waals surface area contributed by atoms with Crippen LogP contribution in [0.1, 0.15) is 28.0 Å². The third-order valence-electron chi connectivity index (χ3n) is 3.45. The van der Waals surface area contributed by atoms with E-state index < -0.39 is 0 Å². The minimum Gasteiger partial charge on any atom is -0.462 e. The molecule has 3 rings (SSSR count). The maximum absolute atomic E-state index is 12.1. The lowest BCUT2D eigenvalue weighted by atomic mass is 10.2. The SMILES string of the molecule is CCOC(=O)c1sc2nc(C)nc(Nc3cccc(Cl)c3)c2c1C. The molecule has 2 aromatic heterocycles. The summed E-state index contributed by atoms with van der Waals surface area (Å²) in [6, 6.07) is 7.39. The molecule has 0 aliphatic rings. The van der Waals surface area contributed by atoms with Crippen molar-refractivity contribution in [3.63, 3.8) is 0 Å². The minimum atomic E-state index is -0.329. The molecule has 0 atom stereocenters. The molecule has 0 unspecified atom stereocenters. The quantitative estimate of drug-likeness (QED) is 0.671. The Kier molecular flexibility index (Phi) is 4.69. The summed E-state index contributed by atoms with van der Waals surface area (Å²) in [6.07, 6.45) is 0. The smallest absolute Gasteiger partial charge is 0.348 e. The Hall–Kier alpha value is -2.18. The van der Waals surface area contributed by atoms with Gasteiger partial charge in [0.05, 0.1) is 12.0 Å². The number of ether oxygens (including phenoxy) is 1. The molecule has 0 radical (unpaired) electrons. The zero-order valence-electron chi connectivity index (χ0n) is 13.5. The number of esters is 1. The number of thiophene rings is 1. The predicted octanol–water partition coefficient (Wildman–Crippen LogP) is 4.88. The van der Waals surface area contributed by atoms with Crippen LogP contribution in [-0.2, 0) is 4.74 Å². The van der Waals surface area contributed by atoms with Gasteiger partial charge in [0, 0.05) is 10.7 Å². The molecule has 0 bridgehead atoms. The normalized spacial score (nSPS) is 10.8. The Morgan fingerprint density at radius 3 is 2.83 bits per heavy atom. The molecule has 0 aliphatic heterocycles. The first-order valence-corrected chi connectivity index (χ1v) is 8.66. The van der Waals surface area contributed by atoms with Gasteiger partial charge in [-0.2, -0.15) is 0 Å². The molecule has 5 nitrogen and oxygen atoms in total. The number of hydrogen-bond acceptors (Lipinski definition) is 6. The van der Waals surface area contributed by atoms with Gasteiger partial charge in [0.1, 0.15) is 21.3 Å². The van der Waals surface area contributed by atoms with E-state index in [0.717, 1.165) is 21.5 Å². The Morgan fingerprint density at radius 1 is 1.33 bits per heavy atom. The molecule has 3 aromatic rings. The third-order valence-corrected chi connectivity index (χ3v) is 4.85. The van der Waals surface area contributed by atoms with E-state index >= 15 is 0 Å². The molecule has 0 fully saturated rings. The van der Waals surface area contributed by atoms with E-state index in [1.165, 1.54) is 11.3 Å². The number of carbonyl (C=O) groups excluding carboxylic acids is 1. The van der Waals surface area contributed by atoms with Crippen molar-refractivity contribution in [2.45, 2.75) is 20.8 Å². The van der Waals surface area contributed by atoms with Crippen LogP contribution in [0.3, 0.4) is 0 Å². The van der Waals surface area contributed by atoms with E-state index in [2.05, 4.69) is 15.3 Å². The number of aromatic nitrogens is 2. The molecular weight excluding hydrogens is 346 g/mol. The van der Waals surface area contributed by atoms with Crippen molar-refractivity contribution in [3.05, 3.63) is 45.6 Å². The lowest BCUT2D eigenvalue weighted by molar-refractivity contribution is 0.0531. The fourth-order valence-corrected chi connectivity index (χ4v) is 3.74. The summed E-state index contributed by atoms with van der Waals surface area (Å²) < 4.78 is 5.13. The van der Waals surface area contributed by atoms with Crippen LogP contribution in [-0.4, -0.2) is 22.5 Å². The van der Waals surface area contributed by atoms with Crippen molar-refractivity contribution in [3.8, 4) is 0 Å². The number of nitrogens with zero attached hydrogens (tertiary/aromatic N) is 2. The first-order valence-electron chi connectivity index (χ1n) is 7.47. The average molecular weight is 362 g/mol. The van der Waals surface area contributed by atoms with Crippen molar-refractivity contribution in [1.82, 2.24) is 9.97 Å². The highest BCUT2D eigenvalue weighted by Gasteiger charge is 2.21. The number of nitrogens with one attached hydrogen (secondary N) is 1. The zero-order valence-corrected chi connectivity index (χ0v) is 15.1. The molecule has 0 amide bonds. The van der Waals surface area contributed by atoms with Crippen LogP contribution >= 0.6 is 22.9 Å². The van der Waals surface area contributed by atoms with E-state index in [4.69, 9.17) is 16.3 Å². The van der Waals surface area contributed by atoms with E-state index in [1.54, 1.807) is 6.92 Å². The van der Waals surface area contributed by atoms with E-state index in [9.17, 15) is 4.79 Å². The molecule has 24 heavy (non-hydrogen) atoms. The number of benzene rings is 1. The van der Waals surface area contributed by atoms with Crippen LogP contribution in [0, 0.1) is 13.8 Å². The molecule has 1 N–H and O–H groups in total. The first kappa shape index (κ1) is 16.7. The van der Waals surface area contributed by atoms with Crippen molar-refractivity contribution < 1.29 is 9.53 Å². The van der Waals surface area contributed by atoms with Crippen LogP contribution in [0.25, 0.3) is 10.2 Å². The van der Waals surface area contributed by atoms with Crippen molar-refractivity contribution in [2.24, 2.45) is 0 Å². The Labute approximate surface area is 148 Å². The summed E-state index contributed by atoms with van der Waals surface area (Å²) in [4.78, 5) is 22.4. The van der Waals surface area contributed by atoms with Gasteiger partial charge in [-0.05, 0) is 44.5 Å². The molecular formula is C17H16ClN3O2S. The minimum absolute atomic E-state index is 0.329. The Morgan fingerprint density at radius 2 is 2.12 bits per heavy atom. The van der Waals surface area contributed by atoms with Gasteiger partial charge >= 0.3 is 5.97 Å². The zero-order chi connectivity index (χ0) is 17.3. The van der Waals surface area contributed by atoms with Gasteiger partial charge in [-0.25, -0.2) is 14.8 Å². The number of anilines is 2. The first-order chi connectivity index (χ1) is 11.5. The van der Waals surface area contributed by atoms with Crippen LogP contribution in [0.15, 0.2) is 24.3 Å². The Bertz CT molecular complexity index is 924. The van der Waals surface area contributed by atoms with Crippen LogP contribution in [0.5, 0.6) is 0 Å². The number of halogens is 1. The average Bonchev–Trinajstić information content (AvgIpc) is 2.84. The van der Waals surface area contributed by atoms with Crippen LogP contribution in [0.4, 0.5) is 11.5 Å². The molecule has 2 heterocycles. The largest absolute Gasteiger partial charge is 0.462 e. The highest BCUT2D eigenvalue weighted by atomic mass is 35.5. The summed E-state index contributed by atoms with van der Waals surface area (Å²) in [6.45, 7) is 5.83. The topological polar surface area (TPSA) is 64.1 Å². The molecule has 0 saturated heterocycles. The van der Waals surface area contributed by atoms with Gasteiger partial charge in [0.2, 0.25) is 0 Å². The van der Waals surface area contributed by atoms with Crippen molar-refractivity contribution in [1.29, 1.82) is 0 Å². The molecule has 1 aromatic carbocycles. The third kappa shape index (κ3) is 3.20. The highest BCUT2D eigenvalue weighted by Crippen LogP contribution is 2.35. The van der Waals surface area contributed by atoms with Crippen molar-refractivity contribution in [2.75, 3.05) is 11.9 Å². The number of carbonyl (C=O) groups is 1. The van der Waals surface area contributed by atoms with Gasteiger partial charge in [-0.3, -0.25) is 0 Å². The van der Waals surface area contributed by atoms with E-state index in [0.29, 0.717) is 28.1 Å². The number of fused-ring (bicyclic) bond motifs is 1. The molecule has 7 heteroatoms. The fourth-order valence-electron chi connectivity index (χ4n) is 2.43. The second-order valence-corrected chi connectivity index (χ2v) is 6.65. The number of hydrogen-bond donors (Lipinski definition) is 1. The van der Waals surface area contributed by atoms with Gasteiger partial charge in [-0.1, -0.05) is 17.7 Å². The summed E-state index contributed by atoms with van der Waals surface area (Å²) in [5, 5.41) is 4.74. The maximum Gasteiger partial charge on any atom is 0.348 e. The van der Waals surface area contributed by atoms with Gasteiger partial charge < -0.3 is 10.1 Å². The van der Waals surface area contributed by atoms with Crippen LogP contribution < -0.4 is 5.32 Å². The van der Waals surface area contributed by atoms with Crippen LogP contribution in [0.2, 0.25) is 5.02 Å². The molecule has 0 aliphatic carbocycles. The summed E-state index contributed by atoms with van der Waals surface area (Å²) in [5.41, 5.74) is 1.64. The lowest BCUT2D eigenvalue weighted by Crippen LogP contribution is -2.03. The maximum atomic E-state index is 12.1. The van der Waals surface area contributed by atoms with E-state index in [1.807, 2.05) is 38.1 Å². The molecule has 0 saturated carbocycles. The summed E-state index contributed by atoms with van der Waals surface area (Å²) in [7, 11) is 0. The molecule has 0 spiro atoms. The van der Waals surface area contributed by atoms with Gasteiger partial charge in [0.25, 0.3) is 0 Å². The number of aryl methyl sites for hydroxylation is 2. The van der Waals surface area contributed by atoms with Gasteiger partial charge in [-0.15, -0.1) is 11.3 Å². The lowest BCUT2D eigenvalue weighted by Gasteiger charge is -2.09. The Balaban J connectivity index is 2.11.